The lowest BCUT2D eigenvalue weighted by Gasteiger charge is -2.27. The number of morpholine rings is 1. The maximum atomic E-state index is 13.2. The summed E-state index contributed by atoms with van der Waals surface area (Å²) in [7, 11) is -3.76. The van der Waals surface area contributed by atoms with Gasteiger partial charge in [-0.25, -0.2) is 13.2 Å². The molecule has 178 valence electrons. The van der Waals surface area contributed by atoms with E-state index in [9.17, 15) is 18.0 Å². The number of amides is 1. The second-order valence-electron chi connectivity index (χ2n) is 8.33. The van der Waals surface area contributed by atoms with Crippen molar-refractivity contribution in [2.45, 2.75) is 17.7 Å². The Morgan fingerprint density at radius 3 is 2.44 bits per heavy atom. The first-order valence-electron chi connectivity index (χ1n) is 11.2. The summed E-state index contributed by atoms with van der Waals surface area (Å²) in [5.41, 5.74) is 0.551. The molecule has 34 heavy (non-hydrogen) atoms. The molecule has 2 fully saturated rings. The Bertz CT molecular complexity index is 1390. The highest BCUT2D eigenvalue weighted by atomic mass is 32.2. The summed E-state index contributed by atoms with van der Waals surface area (Å²) in [5.74, 6) is -0.652. The number of carbonyl (C=O) groups excluding carboxylic acids is 1. The predicted molar refractivity (Wildman–Crippen MR) is 128 cm³/mol. The van der Waals surface area contributed by atoms with Crippen LogP contribution in [0.25, 0.3) is 11.0 Å². The van der Waals surface area contributed by atoms with Crippen LogP contribution in [0.4, 0.5) is 11.4 Å². The van der Waals surface area contributed by atoms with Gasteiger partial charge in [-0.15, -0.1) is 0 Å². The number of hydrogen-bond acceptors (Lipinski definition) is 7. The molecule has 3 aromatic rings. The average Bonchev–Trinajstić information content (AvgIpc) is 3.39. The SMILES string of the molecule is O=C(Nc1cc(S(=O)(=O)N2CCOCC2)ccc1N1CCCC1)c1cc2ccccc2oc1=O. The fourth-order valence-electron chi connectivity index (χ4n) is 4.36. The van der Waals surface area contributed by atoms with E-state index in [1.54, 1.807) is 36.4 Å². The van der Waals surface area contributed by atoms with Crippen LogP contribution < -0.4 is 15.8 Å². The maximum absolute atomic E-state index is 13.2. The van der Waals surface area contributed by atoms with E-state index in [0.717, 1.165) is 31.6 Å². The molecule has 2 saturated heterocycles. The van der Waals surface area contributed by atoms with Gasteiger partial charge in [-0.2, -0.15) is 4.31 Å². The minimum Gasteiger partial charge on any atom is -0.422 e. The minimum atomic E-state index is -3.76. The molecule has 0 unspecified atom stereocenters. The molecule has 5 rings (SSSR count). The van der Waals surface area contributed by atoms with Crippen molar-refractivity contribution in [3.8, 4) is 0 Å². The highest BCUT2D eigenvalue weighted by Gasteiger charge is 2.28. The zero-order chi connectivity index (χ0) is 23.7. The lowest BCUT2D eigenvalue weighted by Crippen LogP contribution is -2.40. The number of benzene rings is 2. The molecule has 1 N–H and O–H groups in total. The Hall–Kier alpha value is -3.21. The molecule has 0 bridgehead atoms. The van der Waals surface area contributed by atoms with Crippen LogP contribution in [-0.4, -0.2) is 58.0 Å². The highest BCUT2D eigenvalue weighted by Crippen LogP contribution is 2.33. The van der Waals surface area contributed by atoms with E-state index in [0.29, 0.717) is 29.9 Å². The van der Waals surface area contributed by atoms with Crippen molar-refractivity contribution >= 4 is 38.3 Å². The molecule has 2 aliphatic heterocycles. The Kier molecular flexibility index (Phi) is 6.11. The molecule has 9 nitrogen and oxygen atoms in total. The van der Waals surface area contributed by atoms with E-state index < -0.39 is 21.6 Å². The van der Waals surface area contributed by atoms with Crippen molar-refractivity contribution in [3.63, 3.8) is 0 Å². The number of carbonyl (C=O) groups is 1. The molecule has 1 amide bonds. The first-order chi connectivity index (χ1) is 16.4. The van der Waals surface area contributed by atoms with Crippen LogP contribution >= 0.6 is 0 Å². The standard InChI is InChI=1S/C24H25N3O6S/c28-23(19-15-17-5-1-2-6-22(17)33-24(19)29)25-20-16-18(7-8-21(20)26-9-3-4-10-26)34(30,31)27-11-13-32-14-12-27/h1-2,5-8,15-16H,3-4,9-14H2,(H,25,28). The second-order valence-corrected chi connectivity index (χ2v) is 10.3. The molecule has 2 aromatic carbocycles. The topological polar surface area (TPSA) is 109 Å². The normalized spacial score (nSPS) is 17.2. The third-order valence-electron chi connectivity index (χ3n) is 6.16. The van der Waals surface area contributed by atoms with Crippen molar-refractivity contribution in [3.05, 3.63) is 64.5 Å². The van der Waals surface area contributed by atoms with E-state index in [1.165, 1.54) is 16.4 Å². The fraction of sp³-hybridized carbons (Fsp3) is 0.333. The van der Waals surface area contributed by atoms with Gasteiger partial charge in [0.2, 0.25) is 10.0 Å². The summed E-state index contributed by atoms with van der Waals surface area (Å²) in [6.45, 7) is 2.83. The van der Waals surface area contributed by atoms with Crippen molar-refractivity contribution in [1.82, 2.24) is 4.31 Å². The molecule has 0 atom stereocenters. The van der Waals surface area contributed by atoms with Gasteiger partial charge in [-0.05, 0) is 43.2 Å². The fourth-order valence-corrected chi connectivity index (χ4v) is 5.79. The summed E-state index contributed by atoms with van der Waals surface area (Å²) >= 11 is 0. The quantitative estimate of drug-likeness (QED) is 0.556. The lowest BCUT2D eigenvalue weighted by atomic mass is 10.1. The Morgan fingerprint density at radius 1 is 0.941 bits per heavy atom. The number of fused-ring (bicyclic) bond motifs is 1. The van der Waals surface area contributed by atoms with E-state index in [1.807, 2.05) is 0 Å². The Balaban J connectivity index is 1.52. The van der Waals surface area contributed by atoms with Gasteiger partial charge in [0, 0.05) is 31.6 Å². The van der Waals surface area contributed by atoms with Gasteiger partial charge in [-0.1, -0.05) is 18.2 Å². The summed E-state index contributed by atoms with van der Waals surface area (Å²) in [4.78, 5) is 27.8. The largest absolute Gasteiger partial charge is 0.422 e. The first-order valence-corrected chi connectivity index (χ1v) is 12.7. The number of ether oxygens (including phenoxy) is 1. The molecular formula is C24H25N3O6S. The number of sulfonamides is 1. The molecule has 0 aliphatic carbocycles. The van der Waals surface area contributed by atoms with E-state index in [2.05, 4.69) is 10.2 Å². The number of nitrogens with zero attached hydrogens (tertiary/aromatic N) is 2. The smallest absolute Gasteiger partial charge is 0.349 e. The van der Waals surface area contributed by atoms with Gasteiger partial charge in [0.15, 0.2) is 0 Å². The third-order valence-corrected chi connectivity index (χ3v) is 8.05. The van der Waals surface area contributed by atoms with Crippen LogP contribution in [-0.2, 0) is 14.8 Å². The van der Waals surface area contributed by atoms with E-state index in [-0.39, 0.29) is 23.5 Å². The number of nitrogens with one attached hydrogen (secondary N) is 1. The number of para-hydroxylation sites is 1. The van der Waals surface area contributed by atoms with Gasteiger partial charge in [0.1, 0.15) is 11.1 Å². The molecule has 1 aromatic heterocycles. The predicted octanol–water partition coefficient (Wildman–Crippen LogP) is 2.67. The molecular weight excluding hydrogens is 458 g/mol. The van der Waals surface area contributed by atoms with Crippen LogP contribution in [0.2, 0.25) is 0 Å². The minimum absolute atomic E-state index is 0.0817. The number of anilines is 2. The summed E-state index contributed by atoms with van der Waals surface area (Å²) in [6.07, 6.45) is 2.02. The van der Waals surface area contributed by atoms with Gasteiger partial charge < -0.3 is 19.4 Å². The summed E-state index contributed by atoms with van der Waals surface area (Å²) in [6, 6.07) is 13.2. The van der Waals surface area contributed by atoms with Gasteiger partial charge in [0.05, 0.1) is 29.5 Å². The Labute approximate surface area is 197 Å². The van der Waals surface area contributed by atoms with Gasteiger partial charge in [-0.3, -0.25) is 4.79 Å². The molecule has 0 radical (unpaired) electrons. The molecule has 2 aliphatic rings. The van der Waals surface area contributed by atoms with Crippen molar-refractivity contribution in [2.24, 2.45) is 0 Å². The molecule has 0 saturated carbocycles. The maximum Gasteiger partial charge on any atom is 0.349 e. The molecule has 0 spiro atoms. The van der Waals surface area contributed by atoms with Crippen LogP contribution in [0.1, 0.15) is 23.2 Å². The van der Waals surface area contributed by atoms with E-state index in [4.69, 9.17) is 9.15 Å². The van der Waals surface area contributed by atoms with Crippen molar-refractivity contribution in [2.75, 3.05) is 49.6 Å². The second kappa shape index (κ2) is 9.21. The van der Waals surface area contributed by atoms with Crippen LogP contribution in [0.5, 0.6) is 0 Å². The zero-order valence-corrected chi connectivity index (χ0v) is 19.3. The molecule has 3 heterocycles. The lowest BCUT2D eigenvalue weighted by molar-refractivity contribution is 0.0730. The van der Waals surface area contributed by atoms with Crippen LogP contribution in [0.3, 0.4) is 0 Å². The van der Waals surface area contributed by atoms with Gasteiger partial charge >= 0.3 is 5.63 Å². The Morgan fingerprint density at radius 2 is 1.68 bits per heavy atom. The zero-order valence-electron chi connectivity index (χ0n) is 18.5. The van der Waals surface area contributed by atoms with Crippen molar-refractivity contribution in [1.29, 1.82) is 0 Å². The number of hydrogen-bond donors (Lipinski definition) is 1. The first kappa shape index (κ1) is 22.6. The van der Waals surface area contributed by atoms with E-state index >= 15 is 0 Å². The average molecular weight is 484 g/mol. The third kappa shape index (κ3) is 4.31. The summed E-state index contributed by atoms with van der Waals surface area (Å²) < 4.78 is 38.4. The van der Waals surface area contributed by atoms with Gasteiger partial charge in [0.25, 0.3) is 5.91 Å². The van der Waals surface area contributed by atoms with Crippen molar-refractivity contribution < 1.29 is 22.4 Å². The van der Waals surface area contributed by atoms with Crippen LogP contribution in [0.15, 0.2) is 62.6 Å². The highest BCUT2D eigenvalue weighted by molar-refractivity contribution is 7.89. The van der Waals surface area contributed by atoms with Crippen LogP contribution in [0, 0.1) is 0 Å². The summed E-state index contributed by atoms with van der Waals surface area (Å²) in [5, 5.41) is 3.40. The monoisotopic (exact) mass is 483 g/mol. The molecule has 10 heteroatoms. The number of rotatable bonds is 5.